The highest BCUT2D eigenvalue weighted by Gasteiger charge is 2.19. The lowest BCUT2D eigenvalue weighted by Gasteiger charge is -2.15. The van der Waals surface area contributed by atoms with Crippen LogP contribution >= 0.6 is 0 Å². The van der Waals surface area contributed by atoms with Gasteiger partial charge in [0, 0.05) is 0 Å². The summed E-state index contributed by atoms with van der Waals surface area (Å²) in [6, 6.07) is 5.26. The van der Waals surface area contributed by atoms with E-state index in [2.05, 4.69) is 5.32 Å². The first-order valence-corrected chi connectivity index (χ1v) is 7.44. The molecule has 0 aliphatic rings. The second-order valence-electron chi connectivity index (χ2n) is 4.77. The number of nitrogens with two attached hydrogens (primary N) is 2. The first kappa shape index (κ1) is 15.6. The molecular formula is C12H19N3O3S. The third-order valence-electron chi connectivity index (χ3n) is 2.51. The fraction of sp³-hybridized carbons (Fsp3) is 0.417. The maximum atomic E-state index is 11.9. The Labute approximate surface area is 113 Å². The number of anilines is 1. The molecule has 0 radical (unpaired) electrons. The van der Waals surface area contributed by atoms with Crippen LogP contribution in [-0.2, 0) is 14.8 Å². The predicted molar refractivity (Wildman–Crippen MR) is 73.9 cm³/mol. The third kappa shape index (κ3) is 4.62. The highest BCUT2D eigenvalue weighted by Crippen LogP contribution is 2.19. The van der Waals surface area contributed by atoms with Crippen molar-refractivity contribution in [2.24, 2.45) is 16.8 Å². The Hall–Kier alpha value is -1.44. The minimum atomic E-state index is -3.88. The molecule has 0 saturated heterocycles. The monoisotopic (exact) mass is 285 g/mol. The molecule has 6 nitrogen and oxygen atoms in total. The van der Waals surface area contributed by atoms with Gasteiger partial charge in [0.05, 0.1) is 11.7 Å². The molecule has 0 saturated carbocycles. The van der Waals surface area contributed by atoms with Crippen molar-refractivity contribution in [3.05, 3.63) is 24.3 Å². The largest absolute Gasteiger partial charge is 0.324 e. The summed E-state index contributed by atoms with van der Waals surface area (Å²) in [5.41, 5.74) is 5.88. The van der Waals surface area contributed by atoms with Crippen LogP contribution in [0.25, 0.3) is 0 Å². The minimum Gasteiger partial charge on any atom is -0.324 e. The Kier molecular flexibility index (Phi) is 5.04. The van der Waals surface area contributed by atoms with Gasteiger partial charge in [-0.3, -0.25) is 4.79 Å². The predicted octanol–water partition coefficient (Wildman–Crippen LogP) is 0.646. The van der Waals surface area contributed by atoms with Crippen LogP contribution in [0.4, 0.5) is 5.69 Å². The van der Waals surface area contributed by atoms with Gasteiger partial charge in [0.15, 0.2) is 0 Å². The molecule has 0 heterocycles. The van der Waals surface area contributed by atoms with Crippen molar-refractivity contribution in [1.82, 2.24) is 0 Å². The summed E-state index contributed by atoms with van der Waals surface area (Å²) in [5.74, 6) is -0.154. The molecule has 1 rings (SSSR count). The smallest absolute Gasteiger partial charge is 0.241 e. The number of carbonyl (C=O) groups excluding carboxylic acids is 1. The fourth-order valence-corrected chi connectivity index (χ4v) is 2.35. The van der Waals surface area contributed by atoms with Crippen LogP contribution in [0.5, 0.6) is 0 Å². The van der Waals surface area contributed by atoms with E-state index in [0.29, 0.717) is 6.42 Å². The highest BCUT2D eigenvalue weighted by atomic mass is 32.2. The minimum absolute atomic E-state index is 0.125. The van der Waals surface area contributed by atoms with Crippen LogP contribution < -0.4 is 16.2 Å². The van der Waals surface area contributed by atoms with E-state index in [-0.39, 0.29) is 16.5 Å². The molecule has 1 amide bonds. The van der Waals surface area contributed by atoms with Gasteiger partial charge in [-0.15, -0.1) is 0 Å². The molecule has 0 aliphatic heterocycles. The molecule has 5 N–H and O–H groups in total. The van der Waals surface area contributed by atoms with Gasteiger partial charge in [-0.1, -0.05) is 26.0 Å². The lowest BCUT2D eigenvalue weighted by atomic mass is 10.0. The van der Waals surface area contributed by atoms with Gasteiger partial charge in [0.25, 0.3) is 0 Å². The average Bonchev–Trinajstić information content (AvgIpc) is 2.27. The summed E-state index contributed by atoms with van der Waals surface area (Å²) in [4.78, 5) is 11.7. The fourth-order valence-electron chi connectivity index (χ4n) is 1.66. The van der Waals surface area contributed by atoms with Crippen LogP contribution in [0.2, 0.25) is 0 Å². The molecule has 0 aliphatic carbocycles. The van der Waals surface area contributed by atoms with E-state index in [1.807, 2.05) is 13.8 Å². The number of amides is 1. The Morgan fingerprint density at radius 1 is 1.32 bits per heavy atom. The van der Waals surface area contributed by atoms with E-state index < -0.39 is 22.0 Å². The molecule has 1 aromatic rings. The van der Waals surface area contributed by atoms with Gasteiger partial charge in [-0.2, -0.15) is 0 Å². The van der Waals surface area contributed by atoms with Crippen LogP contribution in [0.3, 0.4) is 0 Å². The molecule has 0 aromatic heterocycles. The Morgan fingerprint density at radius 3 is 2.42 bits per heavy atom. The summed E-state index contributed by atoms with van der Waals surface area (Å²) in [6.45, 7) is 3.90. The number of primary sulfonamides is 1. The molecule has 0 spiro atoms. The van der Waals surface area contributed by atoms with Crippen LogP contribution in [0.15, 0.2) is 29.2 Å². The summed E-state index contributed by atoms with van der Waals surface area (Å²) in [6.07, 6.45) is 0.517. The number of carbonyl (C=O) groups is 1. The lowest BCUT2D eigenvalue weighted by Crippen LogP contribution is -2.37. The first-order valence-electron chi connectivity index (χ1n) is 5.90. The standard InChI is InChI=1S/C12H19N3O3S/c1-8(2)7-9(13)12(16)15-10-5-3-4-6-11(10)19(14,17)18/h3-6,8-9H,7,13H2,1-2H3,(H,15,16)(H2,14,17,18)/t9-/m1/s1. The maximum Gasteiger partial charge on any atom is 0.241 e. The van der Waals surface area contributed by atoms with Gasteiger partial charge >= 0.3 is 0 Å². The summed E-state index contributed by atoms with van der Waals surface area (Å²) in [7, 11) is -3.88. The topological polar surface area (TPSA) is 115 Å². The zero-order valence-corrected chi connectivity index (χ0v) is 11.8. The molecule has 7 heteroatoms. The van der Waals surface area contributed by atoms with Gasteiger partial charge in [-0.25, -0.2) is 13.6 Å². The normalized spacial score (nSPS) is 13.3. The van der Waals surface area contributed by atoms with E-state index >= 15 is 0 Å². The van der Waals surface area contributed by atoms with Crippen molar-refractivity contribution in [2.75, 3.05) is 5.32 Å². The number of nitrogens with one attached hydrogen (secondary N) is 1. The van der Waals surface area contributed by atoms with Crippen molar-refractivity contribution in [3.8, 4) is 0 Å². The van der Waals surface area contributed by atoms with E-state index in [4.69, 9.17) is 10.9 Å². The van der Waals surface area contributed by atoms with Gasteiger partial charge in [0.2, 0.25) is 15.9 Å². The second-order valence-corrected chi connectivity index (χ2v) is 6.30. The Balaban J connectivity index is 2.92. The van der Waals surface area contributed by atoms with Crippen molar-refractivity contribution < 1.29 is 13.2 Å². The highest BCUT2D eigenvalue weighted by molar-refractivity contribution is 7.89. The number of rotatable bonds is 5. The quantitative estimate of drug-likeness (QED) is 0.736. The zero-order valence-electron chi connectivity index (χ0n) is 11.0. The Bertz CT molecular complexity index is 555. The van der Waals surface area contributed by atoms with Crippen LogP contribution in [-0.4, -0.2) is 20.4 Å². The Morgan fingerprint density at radius 2 is 1.89 bits per heavy atom. The molecule has 1 aromatic carbocycles. The first-order chi connectivity index (χ1) is 8.71. The molecular weight excluding hydrogens is 266 g/mol. The van der Waals surface area contributed by atoms with Crippen molar-refractivity contribution in [1.29, 1.82) is 0 Å². The summed E-state index contributed by atoms with van der Waals surface area (Å²) >= 11 is 0. The molecule has 19 heavy (non-hydrogen) atoms. The molecule has 0 unspecified atom stereocenters. The number of para-hydroxylation sites is 1. The summed E-state index contributed by atoms with van der Waals surface area (Å²) in [5, 5.41) is 7.58. The van der Waals surface area contributed by atoms with E-state index in [9.17, 15) is 13.2 Å². The number of hydrogen-bond acceptors (Lipinski definition) is 4. The SMILES string of the molecule is CC(C)C[C@@H](N)C(=O)Nc1ccccc1S(N)(=O)=O. The van der Waals surface area contributed by atoms with Gasteiger partial charge < -0.3 is 11.1 Å². The zero-order chi connectivity index (χ0) is 14.6. The average molecular weight is 285 g/mol. The molecule has 0 fully saturated rings. The molecule has 0 bridgehead atoms. The lowest BCUT2D eigenvalue weighted by molar-refractivity contribution is -0.117. The second kappa shape index (κ2) is 6.14. The van der Waals surface area contributed by atoms with E-state index in [1.54, 1.807) is 6.07 Å². The van der Waals surface area contributed by atoms with Crippen molar-refractivity contribution in [3.63, 3.8) is 0 Å². The number of hydrogen-bond donors (Lipinski definition) is 3. The number of sulfonamides is 1. The third-order valence-corrected chi connectivity index (χ3v) is 3.48. The maximum absolute atomic E-state index is 11.9. The molecule has 106 valence electrons. The van der Waals surface area contributed by atoms with E-state index in [0.717, 1.165) is 0 Å². The van der Waals surface area contributed by atoms with Gasteiger partial charge in [-0.05, 0) is 24.5 Å². The van der Waals surface area contributed by atoms with Gasteiger partial charge in [0.1, 0.15) is 4.90 Å². The van der Waals surface area contributed by atoms with Crippen LogP contribution in [0.1, 0.15) is 20.3 Å². The van der Waals surface area contributed by atoms with Crippen molar-refractivity contribution in [2.45, 2.75) is 31.2 Å². The van der Waals surface area contributed by atoms with Crippen molar-refractivity contribution >= 4 is 21.6 Å². The summed E-state index contributed by atoms with van der Waals surface area (Å²) < 4.78 is 22.8. The number of benzene rings is 1. The van der Waals surface area contributed by atoms with E-state index in [1.165, 1.54) is 18.2 Å². The van der Waals surface area contributed by atoms with Crippen LogP contribution in [0, 0.1) is 5.92 Å². The molecule has 1 atom stereocenters.